The SMILES string of the molecule is O=C(N1CCN(Cc2ccon2)CC1)C1(n2cccn2)CCNCC1. The molecular weight excluding hydrogens is 320 g/mol. The molecule has 0 atom stereocenters. The van der Waals surface area contributed by atoms with Gasteiger partial charge in [-0.05, 0) is 32.0 Å². The van der Waals surface area contributed by atoms with Crippen LogP contribution in [0.3, 0.4) is 0 Å². The van der Waals surface area contributed by atoms with E-state index in [-0.39, 0.29) is 5.91 Å². The van der Waals surface area contributed by atoms with Crippen LogP contribution in [-0.4, -0.2) is 69.9 Å². The maximum absolute atomic E-state index is 13.4. The Labute approximate surface area is 146 Å². The van der Waals surface area contributed by atoms with Gasteiger partial charge < -0.3 is 14.7 Å². The van der Waals surface area contributed by atoms with Crippen LogP contribution in [0.1, 0.15) is 18.5 Å². The number of nitrogens with one attached hydrogen (secondary N) is 1. The van der Waals surface area contributed by atoms with Crippen molar-refractivity contribution in [1.29, 1.82) is 0 Å². The Balaban J connectivity index is 1.43. The third kappa shape index (κ3) is 3.19. The van der Waals surface area contributed by atoms with E-state index >= 15 is 0 Å². The molecule has 134 valence electrons. The zero-order chi connectivity index (χ0) is 17.1. The number of nitrogens with zero attached hydrogens (tertiary/aromatic N) is 5. The Bertz CT molecular complexity index is 670. The van der Waals surface area contributed by atoms with Gasteiger partial charge in [-0.15, -0.1) is 0 Å². The fourth-order valence-corrected chi connectivity index (χ4v) is 3.85. The second-order valence-corrected chi connectivity index (χ2v) is 6.79. The molecule has 25 heavy (non-hydrogen) atoms. The first kappa shape index (κ1) is 16.3. The Morgan fingerprint density at radius 1 is 1.24 bits per heavy atom. The van der Waals surface area contributed by atoms with Crippen molar-refractivity contribution >= 4 is 5.91 Å². The summed E-state index contributed by atoms with van der Waals surface area (Å²) in [4.78, 5) is 17.7. The lowest BCUT2D eigenvalue weighted by Crippen LogP contribution is -2.59. The highest BCUT2D eigenvalue weighted by molar-refractivity contribution is 5.84. The lowest BCUT2D eigenvalue weighted by molar-refractivity contribution is -0.145. The molecule has 4 heterocycles. The summed E-state index contributed by atoms with van der Waals surface area (Å²) >= 11 is 0. The summed E-state index contributed by atoms with van der Waals surface area (Å²) in [5.74, 6) is 0.207. The molecule has 2 saturated heterocycles. The smallest absolute Gasteiger partial charge is 0.250 e. The van der Waals surface area contributed by atoms with Gasteiger partial charge in [0.15, 0.2) is 0 Å². The summed E-state index contributed by atoms with van der Waals surface area (Å²) in [5, 5.41) is 11.7. The van der Waals surface area contributed by atoms with Gasteiger partial charge in [-0.1, -0.05) is 5.16 Å². The Morgan fingerprint density at radius 2 is 2.04 bits per heavy atom. The molecule has 0 saturated carbocycles. The fraction of sp³-hybridized carbons (Fsp3) is 0.588. The minimum atomic E-state index is -0.539. The summed E-state index contributed by atoms with van der Waals surface area (Å²) in [6, 6.07) is 3.78. The largest absolute Gasteiger partial charge is 0.364 e. The second-order valence-electron chi connectivity index (χ2n) is 6.79. The zero-order valence-corrected chi connectivity index (χ0v) is 14.3. The molecule has 2 aromatic rings. The lowest BCUT2D eigenvalue weighted by Gasteiger charge is -2.43. The first-order valence-corrected chi connectivity index (χ1v) is 8.90. The van der Waals surface area contributed by atoms with Crippen LogP contribution in [0.15, 0.2) is 35.3 Å². The number of hydrogen-bond donors (Lipinski definition) is 1. The van der Waals surface area contributed by atoms with E-state index in [1.807, 2.05) is 27.9 Å². The second kappa shape index (κ2) is 6.97. The van der Waals surface area contributed by atoms with Crippen molar-refractivity contribution in [1.82, 2.24) is 30.1 Å². The van der Waals surface area contributed by atoms with Crippen molar-refractivity contribution in [3.05, 3.63) is 36.5 Å². The van der Waals surface area contributed by atoms with Crippen molar-refractivity contribution in [2.45, 2.75) is 24.9 Å². The summed E-state index contributed by atoms with van der Waals surface area (Å²) < 4.78 is 6.77. The molecule has 0 bridgehead atoms. The molecule has 0 unspecified atom stereocenters. The average Bonchev–Trinajstić information content (AvgIpc) is 3.36. The third-order valence-corrected chi connectivity index (χ3v) is 5.31. The van der Waals surface area contributed by atoms with Crippen LogP contribution in [-0.2, 0) is 16.9 Å². The molecule has 4 rings (SSSR count). The molecule has 0 aromatic carbocycles. The molecule has 2 aliphatic rings. The van der Waals surface area contributed by atoms with Crippen LogP contribution in [0.4, 0.5) is 0 Å². The number of rotatable bonds is 4. The first-order chi connectivity index (χ1) is 12.3. The van der Waals surface area contributed by atoms with Gasteiger partial charge in [0.2, 0.25) is 0 Å². The first-order valence-electron chi connectivity index (χ1n) is 8.90. The van der Waals surface area contributed by atoms with Gasteiger partial charge in [0.05, 0.1) is 5.69 Å². The van der Waals surface area contributed by atoms with E-state index in [2.05, 4.69) is 20.5 Å². The monoisotopic (exact) mass is 344 g/mol. The standard InChI is InChI=1S/C17H24N6O2/c24-16(17(3-6-18-7-4-17)23-8-1-5-19-23)22-11-9-21(10-12-22)14-15-2-13-25-20-15/h1-2,5,8,13,18H,3-4,6-7,9-12,14H2. The van der Waals surface area contributed by atoms with E-state index in [4.69, 9.17) is 4.52 Å². The van der Waals surface area contributed by atoms with Crippen LogP contribution < -0.4 is 5.32 Å². The fourth-order valence-electron chi connectivity index (χ4n) is 3.85. The van der Waals surface area contributed by atoms with E-state index in [0.29, 0.717) is 0 Å². The molecule has 2 aliphatic heterocycles. The van der Waals surface area contributed by atoms with Crippen molar-refractivity contribution in [3.8, 4) is 0 Å². The van der Waals surface area contributed by atoms with Gasteiger partial charge >= 0.3 is 0 Å². The van der Waals surface area contributed by atoms with Crippen molar-refractivity contribution in [3.63, 3.8) is 0 Å². The Kier molecular flexibility index (Phi) is 4.54. The number of piperidine rings is 1. The average molecular weight is 344 g/mol. The Hall–Kier alpha value is -2.19. The quantitative estimate of drug-likeness (QED) is 0.859. The molecule has 1 N–H and O–H groups in total. The van der Waals surface area contributed by atoms with Crippen LogP contribution in [0, 0.1) is 0 Å². The Morgan fingerprint density at radius 3 is 2.68 bits per heavy atom. The molecule has 0 radical (unpaired) electrons. The van der Waals surface area contributed by atoms with E-state index in [1.54, 1.807) is 12.5 Å². The van der Waals surface area contributed by atoms with E-state index in [9.17, 15) is 4.79 Å². The highest BCUT2D eigenvalue weighted by atomic mass is 16.5. The molecule has 8 nitrogen and oxygen atoms in total. The van der Waals surface area contributed by atoms with Crippen LogP contribution in [0.2, 0.25) is 0 Å². The minimum absolute atomic E-state index is 0.207. The molecule has 0 aliphatic carbocycles. The minimum Gasteiger partial charge on any atom is -0.364 e. The summed E-state index contributed by atoms with van der Waals surface area (Å²) in [5.41, 5.74) is 0.398. The molecule has 8 heteroatoms. The normalized spacial score (nSPS) is 21.4. The van der Waals surface area contributed by atoms with Crippen LogP contribution in [0.25, 0.3) is 0 Å². The predicted octanol–water partition coefficient (Wildman–Crippen LogP) is 0.294. The lowest BCUT2D eigenvalue weighted by atomic mass is 9.86. The maximum Gasteiger partial charge on any atom is 0.250 e. The molecule has 0 spiro atoms. The topological polar surface area (TPSA) is 79.4 Å². The molecular formula is C17H24N6O2. The number of carbonyl (C=O) groups excluding carboxylic acids is 1. The van der Waals surface area contributed by atoms with E-state index in [0.717, 1.165) is 64.3 Å². The van der Waals surface area contributed by atoms with E-state index < -0.39 is 5.54 Å². The van der Waals surface area contributed by atoms with Gasteiger partial charge in [0.1, 0.15) is 11.8 Å². The van der Waals surface area contributed by atoms with E-state index in [1.165, 1.54) is 0 Å². The third-order valence-electron chi connectivity index (χ3n) is 5.31. The summed E-state index contributed by atoms with van der Waals surface area (Å²) in [6.45, 7) is 5.65. The van der Waals surface area contributed by atoms with Gasteiger partial charge in [0, 0.05) is 51.2 Å². The van der Waals surface area contributed by atoms with Crippen molar-refractivity contribution in [2.24, 2.45) is 0 Å². The van der Waals surface area contributed by atoms with Crippen molar-refractivity contribution < 1.29 is 9.32 Å². The number of aromatic nitrogens is 3. The number of amides is 1. The number of piperazine rings is 1. The maximum atomic E-state index is 13.4. The summed E-state index contributed by atoms with van der Waals surface area (Å²) in [7, 11) is 0. The molecule has 2 aromatic heterocycles. The number of hydrogen-bond acceptors (Lipinski definition) is 6. The highest BCUT2D eigenvalue weighted by Crippen LogP contribution is 2.30. The zero-order valence-electron chi connectivity index (χ0n) is 14.3. The van der Waals surface area contributed by atoms with Gasteiger partial charge in [-0.25, -0.2) is 0 Å². The van der Waals surface area contributed by atoms with Crippen LogP contribution in [0.5, 0.6) is 0 Å². The van der Waals surface area contributed by atoms with Crippen molar-refractivity contribution in [2.75, 3.05) is 39.3 Å². The molecule has 1 amide bonds. The summed E-state index contributed by atoms with van der Waals surface area (Å²) in [6.07, 6.45) is 6.84. The molecule has 2 fully saturated rings. The predicted molar refractivity (Wildman–Crippen MR) is 90.7 cm³/mol. The van der Waals surface area contributed by atoms with Gasteiger partial charge in [-0.3, -0.25) is 14.4 Å². The van der Waals surface area contributed by atoms with Crippen LogP contribution >= 0.6 is 0 Å². The number of carbonyl (C=O) groups is 1. The highest BCUT2D eigenvalue weighted by Gasteiger charge is 2.44. The van der Waals surface area contributed by atoms with Gasteiger partial charge in [-0.2, -0.15) is 5.10 Å². The van der Waals surface area contributed by atoms with Gasteiger partial charge in [0.25, 0.3) is 5.91 Å².